The lowest BCUT2D eigenvalue weighted by molar-refractivity contribution is -0.175. The van der Waals surface area contributed by atoms with Gasteiger partial charge in [0.2, 0.25) is 0 Å². The van der Waals surface area contributed by atoms with Crippen LogP contribution in [0.4, 0.5) is 14.5 Å². The molecule has 4 saturated carbocycles. The molecule has 10 heteroatoms. The number of rotatable bonds is 10. The Morgan fingerprint density at radius 3 is 2.37 bits per heavy atom. The molecule has 5 fully saturated rings. The summed E-state index contributed by atoms with van der Waals surface area (Å²) in [5.74, 6) is -0.488. The largest absolute Gasteiger partial charge is 0.457 e. The Balaban J connectivity index is 1.16. The van der Waals surface area contributed by atoms with Crippen LogP contribution in [0.2, 0.25) is 0 Å². The third-order valence-electron chi connectivity index (χ3n) is 10.7. The first-order chi connectivity index (χ1) is 22.0. The maximum absolute atomic E-state index is 14.1. The van der Waals surface area contributed by atoms with Gasteiger partial charge < -0.3 is 24.8 Å². The van der Waals surface area contributed by atoms with Crippen molar-refractivity contribution in [2.45, 2.75) is 70.2 Å². The Hall–Kier alpha value is -4.05. The zero-order chi connectivity index (χ0) is 32.2. The first-order valence-corrected chi connectivity index (χ1v) is 16.2. The molecule has 4 bridgehead atoms. The number of ether oxygens (including phenoxy) is 1. The average Bonchev–Trinajstić information content (AvgIpc) is 3.24. The van der Waals surface area contributed by atoms with Crippen LogP contribution in [0.3, 0.4) is 0 Å². The number of nitrogens with zero attached hydrogens (tertiary/aromatic N) is 2. The minimum absolute atomic E-state index is 0.0701. The molecule has 8 nitrogen and oxygen atoms in total. The van der Waals surface area contributed by atoms with Crippen molar-refractivity contribution in [1.29, 1.82) is 0 Å². The molecule has 3 atom stereocenters. The lowest BCUT2D eigenvalue weighted by atomic mass is 9.40. The molecule has 2 N–H and O–H groups in total. The molecule has 0 radical (unpaired) electrons. The summed E-state index contributed by atoms with van der Waals surface area (Å²) in [4.78, 5) is 43.0. The van der Waals surface area contributed by atoms with Gasteiger partial charge >= 0.3 is 5.97 Å². The fraction of sp³-hybridized carbons (Fsp3) is 0.472. The van der Waals surface area contributed by atoms with Crippen molar-refractivity contribution >= 4 is 17.6 Å². The van der Waals surface area contributed by atoms with Crippen molar-refractivity contribution in [2.24, 2.45) is 17.3 Å². The number of alkyl halides is 2. The van der Waals surface area contributed by atoms with E-state index in [9.17, 15) is 23.2 Å². The van der Waals surface area contributed by atoms with E-state index in [0.29, 0.717) is 23.1 Å². The molecule has 3 aromatic rings. The second kappa shape index (κ2) is 11.6. The number of anilines is 1. The summed E-state index contributed by atoms with van der Waals surface area (Å²) in [6.07, 6.45) is 3.67. The van der Waals surface area contributed by atoms with Crippen LogP contribution >= 0.6 is 0 Å². The number of carbonyl (C=O) groups is 2. The average molecular weight is 631 g/mol. The highest BCUT2D eigenvalue weighted by atomic mass is 19.3. The molecule has 46 heavy (non-hydrogen) atoms. The number of hydrogen-bond donors (Lipinski definition) is 2. The van der Waals surface area contributed by atoms with Crippen molar-refractivity contribution in [3.8, 4) is 0 Å². The second-order valence-electron chi connectivity index (χ2n) is 14.3. The standard InChI is InChI=1S/C36H40F2N4O4/c1-35-19-36(20-35,21-35)42-17-27(28(13-29(42)43)40-31-24-11-12-25(31)16-41(2)15-24)33(44)39-14-23-9-6-10-26(32(37)38)30(23)34(45)46-18-22-7-4-3-5-8-22/h3-10,13,17,24-25,31-32,40H,11-12,14-16,18-21H2,1-2H3,(H,39,44)/t24-,25+,31-,35?,36?. The van der Waals surface area contributed by atoms with Crippen LogP contribution in [-0.2, 0) is 23.4 Å². The van der Waals surface area contributed by atoms with Crippen molar-refractivity contribution in [2.75, 3.05) is 25.5 Å². The zero-order valence-electron chi connectivity index (χ0n) is 26.2. The van der Waals surface area contributed by atoms with Gasteiger partial charge in [-0.25, -0.2) is 13.6 Å². The van der Waals surface area contributed by atoms with E-state index < -0.39 is 23.9 Å². The molecule has 0 unspecified atom stereocenters. The number of fused-ring (bicyclic) bond motifs is 2. The van der Waals surface area contributed by atoms with E-state index in [2.05, 4.69) is 29.5 Å². The maximum Gasteiger partial charge on any atom is 0.339 e. The van der Waals surface area contributed by atoms with Gasteiger partial charge in [0.05, 0.1) is 16.8 Å². The van der Waals surface area contributed by atoms with Gasteiger partial charge in [0.1, 0.15) is 6.61 Å². The minimum atomic E-state index is -2.91. The summed E-state index contributed by atoms with van der Waals surface area (Å²) in [6.45, 7) is 3.89. The van der Waals surface area contributed by atoms with Gasteiger partial charge in [0.25, 0.3) is 17.9 Å². The molecule has 1 saturated heterocycles. The van der Waals surface area contributed by atoms with Gasteiger partial charge in [-0.3, -0.25) is 9.59 Å². The number of benzene rings is 2. The predicted octanol–water partition coefficient (Wildman–Crippen LogP) is 5.72. The molecule has 4 aliphatic carbocycles. The summed E-state index contributed by atoms with van der Waals surface area (Å²) in [5, 5.41) is 6.47. The van der Waals surface area contributed by atoms with Crippen LogP contribution < -0.4 is 16.2 Å². The van der Waals surface area contributed by atoms with Crippen LogP contribution in [0.25, 0.3) is 0 Å². The SMILES string of the molecule is CN1C[C@H]2CC[C@@H](C1)[C@@H]2Nc1cc(=O)n(C23CC(C)(C2)C3)cc1C(=O)NCc1cccc(C(F)F)c1C(=O)OCc1ccccc1. The number of halogens is 2. The number of carbonyl (C=O) groups excluding carboxylic acids is 2. The van der Waals surface area contributed by atoms with Gasteiger partial charge in [-0.05, 0) is 67.5 Å². The minimum Gasteiger partial charge on any atom is -0.457 e. The number of likely N-dealkylation sites (tertiary alicyclic amines) is 1. The normalized spacial score (nSPS) is 27.9. The monoisotopic (exact) mass is 630 g/mol. The third-order valence-corrected chi connectivity index (χ3v) is 10.7. The molecule has 1 amide bonds. The Bertz CT molecular complexity index is 1690. The molecule has 242 valence electrons. The van der Waals surface area contributed by atoms with E-state index in [1.165, 1.54) is 12.1 Å². The second-order valence-corrected chi connectivity index (χ2v) is 14.3. The van der Waals surface area contributed by atoms with E-state index in [1.54, 1.807) is 47.2 Å². The topological polar surface area (TPSA) is 92.7 Å². The van der Waals surface area contributed by atoms with Crippen molar-refractivity contribution in [1.82, 2.24) is 14.8 Å². The number of pyridine rings is 1. The van der Waals surface area contributed by atoms with Crippen molar-refractivity contribution in [3.05, 3.63) is 99.0 Å². The van der Waals surface area contributed by atoms with Crippen LogP contribution in [0.15, 0.2) is 65.6 Å². The molecule has 0 spiro atoms. The highest BCUT2D eigenvalue weighted by Crippen LogP contribution is 2.70. The van der Waals surface area contributed by atoms with Crippen LogP contribution in [0.5, 0.6) is 0 Å². The molecular weight excluding hydrogens is 590 g/mol. The first kappa shape index (κ1) is 30.6. The summed E-state index contributed by atoms with van der Waals surface area (Å²) < 4.78 is 35.3. The van der Waals surface area contributed by atoms with Crippen molar-refractivity contribution < 1.29 is 23.1 Å². The number of aromatic nitrogens is 1. The van der Waals surface area contributed by atoms with Gasteiger partial charge in [0, 0.05) is 49.0 Å². The summed E-state index contributed by atoms with van der Waals surface area (Å²) >= 11 is 0. The van der Waals surface area contributed by atoms with Crippen LogP contribution in [0.1, 0.15) is 82.9 Å². The number of amides is 1. The van der Waals surface area contributed by atoms with Gasteiger partial charge in [-0.1, -0.05) is 55.5 Å². The Morgan fingerprint density at radius 1 is 1.02 bits per heavy atom. The predicted molar refractivity (Wildman–Crippen MR) is 170 cm³/mol. The van der Waals surface area contributed by atoms with Gasteiger partial charge in [-0.15, -0.1) is 0 Å². The van der Waals surface area contributed by atoms with Crippen LogP contribution in [0, 0.1) is 17.3 Å². The summed E-state index contributed by atoms with van der Waals surface area (Å²) in [6, 6.07) is 14.9. The molecular formula is C36H40F2N4O4. The molecule has 1 aliphatic heterocycles. The van der Waals surface area contributed by atoms with Crippen LogP contribution in [-0.4, -0.2) is 47.5 Å². The highest BCUT2D eigenvalue weighted by Gasteiger charge is 2.66. The maximum atomic E-state index is 14.1. The number of esters is 1. The Kier molecular flexibility index (Phi) is 7.74. The quantitative estimate of drug-likeness (QED) is 0.279. The lowest BCUT2D eigenvalue weighted by Crippen LogP contribution is -2.68. The van der Waals surface area contributed by atoms with E-state index in [1.807, 2.05) is 6.07 Å². The highest BCUT2D eigenvalue weighted by molar-refractivity contribution is 5.99. The third kappa shape index (κ3) is 5.50. The molecule has 2 heterocycles. The zero-order valence-corrected chi connectivity index (χ0v) is 26.2. The smallest absolute Gasteiger partial charge is 0.339 e. The lowest BCUT2D eigenvalue weighted by Gasteiger charge is -2.69. The summed E-state index contributed by atoms with van der Waals surface area (Å²) in [7, 11) is 2.13. The van der Waals surface area contributed by atoms with E-state index in [4.69, 9.17) is 4.74 Å². The number of nitrogens with one attached hydrogen (secondary N) is 2. The first-order valence-electron chi connectivity index (χ1n) is 16.2. The van der Waals surface area contributed by atoms with E-state index in [-0.39, 0.29) is 46.8 Å². The van der Waals surface area contributed by atoms with E-state index in [0.717, 1.165) is 50.8 Å². The van der Waals surface area contributed by atoms with Crippen molar-refractivity contribution in [3.63, 3.8) is 0 Å². The fourth-order valence-corrected chi connectivity index (χ4v) is 8.82. The Labute approximate surface area is 267 Å². The molecule has 5 aliphatic rings. The molecule has 1 aromatic heterocycles. The van der Waals surface area contributed by atoms with Gasteiger partial charge in [0.15, 0.2) is 0 Å². The van der Waals surface area contributed by atoms with Gasteiger partial charge in [-0.2, -0.15) is 0 Å². The number of hydrogen-bond acceptors (Lipinski definition) is 6. The summed E-state index contributed by atoms with van der Waals surface area (Å²) in [5.41, 5.74) is 0.962. The number of piperidine rings is 1. The fourth-order valence-electron chi connectivity index (χ4n) is 8.82. The van der Waals surface area contributed by atoms with E-state index >= 15 is 0 Å². The Morgan fingerprint density at radius 2 is 1.72 bits per heavy atom. The molecule has 8 rings (SSSR count). The molecule has 2 aromatic carbocycles.